The Balaban J connectivity index is 1.41. The minimum Gasteiger partial charge on any atom is -0.422 e. The number of amides is 2. The number of anilines is 1. The number of hydrogen-bond donors (Lipinski definition) is 2. The summed E-state index contributed by atoms with van der Waals surface area (Å²) in [5.41, 5.74) is 3.85. The Kier molecular flexibility index (Phi) is 9.15. The maximum Gasteiger partial charge on any atom is 0.343 e. The number of carbonyl (C=O) groups is 3. The zero-order valence-electron chi connectivity index (χ0n) is 20.3. The third kappa shape index (κ3) is 7.46. The molecule has 4 aromatic rings. The van der Waals surface area contributed by atoms with Crippen LogP contribution in [-0.4, -0.2) is 28.9 Å². The molecule has 0 atom stereocenters. The molecule has 4 aromatic carbocycles. The molecular formula is C28H18Br2N4O6. The normalized spacial score (nSPS) is 10.7. The molecular weight excluding hydrogens is 648 g/mol. The van der Waals surface area contributed by atoms with Gasteiger partial charge in [0.15, 0.2) is 0 Å². The van der Waals surface area contributed by atoms with Gasteiger partial charge in [0.2, 0.25) is 0 Å². The molecule has 10 nitrogen and oxygen atoms in total. The van der Waals surface area contributed by atoms with Crippen LogP contribution >= 0.6 is 31.9 Å². The van der Waals surface area contributed by atoms with E-state index >= 15 is 0 Å². The Morgan fingerprint density at radius 3 is 2.17 bits per heavy atom. The summed E-state index contributed by atoms with van der Waals surface area (Å²) in [5.74, 6) is -1.36. The SMILES string of the molecule is O=C(NN=Cc1cc(Br)ccc1OC(=O)c1ccc(Br)cc1)c1cccc(NC(=O)c2ccc([N+](=O)[O-])cc2)c1. The van der Waals surface area contributed by atoms with E-state index in [1.54, 1.807) is 54.6 Å². The number of hydrazone groups is 1. The van der Waals surface area contributed by atoms with Crippen LogP contribution in [0.5, 0.6) is 5.75 Å². The second-order valence-corrected chi connectivity index (χ2v) is 9.95. The van der Waals surface area contributed by atoms with Gasteiger partial charge in [-0.2, -0.15) is 5.10 Å². The molecule has 12 heteroatoms. The summed E-state index contributed by atoms with van der Waals surface area (Å²) in [4.78, 5) is 48.0. The van der Waals surface area contributed by atoms with Gasteiger partial charge in [0.05, 0.1) is 16.7 Å². The predicted octanol–water partition coefficient (Wildman–Crippen LogP) is 6.36. The van der Waals surface area contributed by atoms with Crippen LogP contribution < -0.4 is 15.5 Å². The van der Waals surface area contributed by atoms with Crippen LogP contribution in [0, 0.1) is 10.1 Å². The lowest BCUT2D eigenvalue weighted by Crippen LogP contribution is -2.18. The van der Waals surface area contributed by atoms with Crippen LogP contribution in [0.1, 0.15) is 36.6 Å². The van der Waals surface area contributed by atoms with Crippen LogP contribution in [0.2, 0.25) is 0 Å². The summed E-state index contributed by atoms with van der Waals surface area (Å²) >= 11 is 6.69. The first-order chi connectivity index (χ1) is 19.2. The number of non-ortho nitro benzene ring substituents is 1. The minimum absolute atomic E-state index is 0.131. The number of benzene rings is 4. The minimum atomic E-state index is -0.555. The van der Waals surface area contributed by atoms with Gasteiger partial charge in [-0.1, -0.05) is 37.9 Å². The van der Waals surface area contributed by atoms with Gasteiger partial charge in [-0.15, -0.1) is 0 Å². The molecule has 40 heavy (non-hydrogen) atoms. The molecule has 0 aliphatic carbocycles. The first-order valence-corrected chi connectivity index (χ1v) is 13.0. The first-order valence-electron chi connectivity index (χ1n) is 11.5. The monoisotopic (exact) mass is 664 g/mol. The van der Waals surface area contributed by atoms with Gasteiger partial charge in [-0.25, -0.2) is 10.2 Å². The van der Waals surface area contributed by atoms with E-state index in [1.165, 1.54) is 42.6 Å². The second kappa shape index (κ2) is 12.9. The van der Waals surface area contributed by atoms with E-state index < -0.39 is 22.7 Å². The van der Waals surface area contributed by atoms with E-state index in [1.807, 2.05) is 0 Å². The standard InChI is InChI=1S/C28H18Br2N4O6/c29-21-8-4-18(5-9-21)28(37)40-25-13-10-22(30)14-20(25)16-31-33-27(36)19-2-1-3-23(15-19)32-26(35)17-6-11-24(12-7-17)34(38)39/h1-16H,(H,32,35)(H,33,36). The molecule has 0 bridgehead atoms. The van der Waals surface area contributed by atoms with E-state index in [0.29, 0.717) is 21.3 Å². The maximum atomic E-state index is 12.7. The average Bonchev–Trinajstić information content (AvgIpc) is 2.94. The van der Waals surface area contributed by atoms with Gasteiger partial charge in [-0.3, -0.25) is 19.7 Å². The Labute approximate surface area is 244 Å². The maximum absolute atomic E-state index is 12.7. The third-order valence-electron chi connectivity index (χ3n) is 5.35. The van der Waals surface area contributed by atoms with Crippen molar-refractivity contribution >= 4 is 67.2 Å². The van der Waals surface area contributed by atoms with Crippen molar-refractivity contribution in [2.45, 2.75) is 0 Å². The van der Waals surface area contributed by atoms with Crippen molar-refractivity contribution < 1.29 is 24.0 Å². The predicted molar refractivity (Wildman–Crippen MR) is 156 cm³/mol. The number of halogens is 2. The number of ether oxygens (including phenoxy) is 1. The topological polar surface area (TPSA) is 140 Å². The van der Waals surface area contributed by atoms with Crippen LogP contribution in [0.25, 0.3) is 0 Å². The molecule has 0 spiro atoms. The van der Waals surface area contributed by atoms with Crippen molar-refractivity contribution in [1.82, 2.24) is 5.43 Å². The highest BCUT2D eigenvalue weighted by atomic mass is 79.9. The molecule has 0 saturated heterocycles. The molecule has 0 heterocycles. The Bertz CT molecular complexity index is 1620. The van der Waals surface area contributed by atoms with Gasteiger partial charge >= 0.3 is 5.97 Å². The van der Waals surface area contributed by atoms with Crippen LogP contribution in [-0.2, 0) is 0 Å². The molecule has 4 rings (SSSR count). The third-order valence-corrected chi connectivity index (χ3v) is 6.37. The van der Waals surface area contributed by atoms with Crippen molar-refractivity contribution in [3.8, 4) is 5.75 Å². The van der Waals surface area contributed by atoms with Crippen LogP contribution in [0.4, 0.5) is 11.4 Å². The van der Waals surface area contributed by atoms with Gasteiger partial charge in [-0.05, 0) is 72.8 Å². The quantitative estimate of drug-likeness (QED) is 0.0739. The molecule has 0 unspecified atom stereocenters. The zero-order valence-corrected chi connectivity index (χ0v) is 23.5. The summed E-state index contributed by atoms with van der Waals surface area (Å²) in [6.07, 6.45) is 1.34. The molecule has 0 aromatic heterocycles. The summed E-state index contributed by atoms with van der Waals surface area (Å²) in [6.45, 7) is 0. The van der Waals surface area contributed by atoms with Crippen molar-refractivity contribution in [1.29, 1.82) is 0 Å². The first kappa shape index (κ1) is 28.3. The van der Waals surface area contributed by atoms with E-state index in [-0.39, 0.29) is 22.6 Å². The second-order valence-electron chi connectivity index (χ2n) is 8.12. The van der Waals surface area contributed by atoms with Crippen LogP contribution in [0.3, 0.4) is 0 Å². The van der Waals surface area contributed by atoms with Crippen LogP contribution in [0.15, 0.2) is 105 Å². The van der Waals surface area contributed by atoms with Gasteiger partial charge in [0.1, 0.15) is 5.75 Å². The molecule has 0 aliphatic rings. The van der Waals surface area contributed by atoms with Gasteiger partial charge < -0.3 is 10.1 Å². The average molecular weight is 666 g/mol. The van der Waals surface area contributed by atoms with Crippen molar-refractivity contribution in [2.75, 3.05) is 5.32 Å². The highest BCUT2D eigenvalue weighted by molar-refractivity contribution is 9.10. The van der Waals surface area contributed by atoms with E-state index in [2.05, 4.69) is 47.7 Å². The van der Waals surface area contributed by atoms with E-state index in [4.69, 9.17) is 4.74 Å². The Morgan fingerprint density at radius 2 is 1.48 bits per heavy atom. The lowest BCUT2D eigenvalue weighted by atomic mass is 10.1. The Morgan fingerprint density at radius 1 is 0.800 bits per heavy atom. The number of nitro groups is 1. The number of hydrogen-bond acceptors (Lipinski definition) is 7. The zero-order chi connectivity index (χ0) is 28.6. The largest absolute Gasteiger partial charge is 0.422 e. The summed E-state index contributed by atoms with van der Waals surface area (Å²) in [7, 11) is 0. The molecule has 0 aliphatic heterocycles. The van der Waals surface area contributed by atoms with Crippen molar-refractivity contribution in [2.24, 2.45) is 5.10 Å². The molecule has 2 N–H and O–H groups in total. The fraction of sp³-hybridized carbons (Fsp3) is 0. The smallest absolute Gasteiger partial charge is 0.343 e. The van der Waals surface area contributed by atoms with E-state index in [9.17, 15) is 24.5 Å². The lowest BCUT2D eigenvalue weighted by molar-refractivity contribution is -0.384. The van der Waals surface area contributed by atoms with Crippen molar-refractivity contribution in [3.63, 3.8) is 0 Å². The summed E-state index contributed by atoms with van der Waals surface area (Å²) in [6, 6.07) is 23.0. The molecule has 0 fully saturated rings. The van der Waals surface area contributed by atoms with Gasteiger partial charge in [0, 0.05) is 43.5 Å². The van der Waals surface area contributed by atoms with E-state index in [0.717, 1.165) is 4.47 Å². The van der Waals surface area contributed by atoms with Gasteiger partial charge in [0.25, 0.3) is 17.5 Å². The summed E-state index contributed by atoms with van der Waals surface area (Å²) in [5, 5.41) is 17.4. The number of esters is 1. The summed E-state index contributed by atoms with van der Waals surface area (Å²) < 4.78 is 7.06. The number of nitrogens with one attached hydrogen (secondary N) is 2. The molecule has 200 valence electrons. The number of nitrogens with zero attached hydrogens (tertiary/aromatic N) is 2. The fourth-order valence-electron chi connectivity index (χ4n) is 3.36. The molecule has 2 amide bonds. The number of rotatable bonds is 8. The molecule has 0 saturated carbocycles. The molecule has 0 radical (unpaired) electrons. The number of nitro benzene ring substituents is 1. The highest BCUT2D eigenvalue weighted by Gasteiger charge is 2.13. The van der Waals surface area contributed by atoms with Crippen molar-refractivity contribution in [3.05, 3.63) is 132 Å². The Hall–Kier alpha value is -4.68. The fourth-order valence-corrected chi connectivity index (χ4v) is 4.00. The highest BCUT2D eigenvalue weighted by Crippen LogP contribution is 2.23. The number of carbonyl (C=O) groups excluding carboxylic acids is 3. The lowest BCUT2D eigenvalue weighted by Gasteiger charge is -2.09.